The number of fused-ring (bicyclic) bond motifs is 1. The van der Waals surface area contributed by atoms with Crippen molar-refractivity contribution in [3.8, 4) is 0 Å². The fraction of sp³-hybridized carbons (Fsp3) is 0.353. The normalized spacial score (nSPS) is 15.8. The number of nitrogens with zero attached hydrogens (tertiary/aromatic N) is 2. The number of hydrogen-bond acceptors (Lipinski definition) is 4. The van der Waals surface area contributed by atoms with Crippen LogP contribution in [0.2, 0.25) is 0 Å². The van der Waals surface area contributed by atoms with E-state index in [9.17, 15) is 4.79 Å². The number of nitrogens with one attached hydrogen (secondary N) is 2. The molecular formula is C17H18N4O2. The number of para-hydroxylation sites is 1. The topological polar surface area (TPSA) is 83.8 Å². The quantitative estimate of drug-likeness (QED) is 0.769. The molecule has 1 amide bonds. The third-order valence-electron chi connectivity index (χ3n) is 4.45. The van der Waals surface area contributed by atoms with Crippen LogP contribution in [0.4, 0.5) is 6.01 Å². The van der Waals surface area contributed by atoms with Gasteiger partial charge in [0.25, 0.3) is 5.91 Å². The van der Waals surface area contributed by atoms with Gasteiger partial charge in [-0.25, -0.2) is 0 Å². The first-order chi connectivity index (χ1) is 11.3. The van der Waals surface area contributed by atoms with E-state index >= 15 is 0 Å². The minimum absolute atomic E-state index is 0.167. The van der Waals surface area contributed by atoms with Gasteiger partial charge in [-0.15, -0.1) is 5.10 Å². The molecule has 0 saturated heterocycles. The molecule has 0 radical (unpaired) electrons. The zero-order valence-electron chi connectivity index (χ0n) is 12.7. The van der Waals surface area contributed by atoms with E-state index in [4.69, 9.17) is 4.42 Å². The molecule has 23 heavy (non-hydrogen) atoms. The first kappa shape index (κ1) is 14.0. The lowest BCUT2D eigenvalue weighted by Gasteiger charge is -2.17. The summed E-state index contributed by atoms with van der Waals surface area (Å²) in [6.07, 6.45) is 7.53. The van der Waals surface area contributed by atoms with Gasteiger partial charge in [-0.2, -0.15) is 0 Å². The monoisotopic (exact) mass is 310 g/mol. The van der Waals surface area contributed by atoms with E-state index in [1.54, 1.807) is 6.20 Å². The van der Waals surface area contributed by atoms with Gasteiger partial charge in [-0.1, -0.05) is 42.6 Å². The minimum Gasteiger partial charge on any atom is -0.408 e. The summed E-state index contributed by atoms with van der Waals surface area (Å²) in [4.78, 5) is 15.5. The van der Waals surface area contributed by atoms with Crippen molar-refractivity contribution in [1.82, 2.24) is 15.2 Å². The number of hydrogen-bond donors (Lipinski definition) is 2. The van der Waals surface area contributed by atoms with Gasteiger partial charge in [0.1, 0.15) is 0 Å². The second-order valence-corrected chi connectivity index (χ2v) is 5.98. The van der Waals surface area contributed by atoms with Crippen LogP contribution in [0.1, 0.15) is 54.3 Å². The van der Waals surface area contributed by atoms with Gasteiger partial charge < -0.3 is 9.40 Å². The summed E-state index contributed by atoms with van der Waals surface area (Å²) >= 11 is 0. The second kappa shape index (κ2) is 5.87. The molecule has 0 bridgehead atoms. The summed E-state index contributed by atoms with van der Waals surface area (Å²) in [5, 5.41) is 11.6. The number of H-pyrrole nitrogens is 1. The highest BCUT2D eigenvalue weighted by molar-refractivity contribution is 6.12. The summed E-state index contributed by atoms with van der Waals surface area (Å²) in [7, 11) is 0. The number of amides is 1. The third-order valence-corrected chi connectivity index (χ3v) is 4.45. The largest absolute Gasteiger partial charge is 0.408 e. The maximum absolute atomic E-state index is 12.4. The SMILES string of the molecule is O=C(Nc1nnc(C2CCCCC2)o1)c1c[nH]c2ccccc12. The molecule has 6 nitrogen and oxygen atoms in total. The van der Waals surface area contributed by atoms with Crippen LogP contribution >= 0.6 is 0 Å². The molecule has 118 valence electrons. The van der Waals surface area contributed by atoms with E-state index in [-0.39, 0.29) is 11.9 Å². The lowest BCUT2D eigenvalue weighted by Crippen LogP contribution is -2.11. The highest BCUT2D eigenvalue weighted by Crippen LogP contribution is 2.32. The Morgan fingerprint density at radius 2 is 2.00 bits per heavy atom. The molecule has 0 atom stereocenters. The Hall–Kier alpha value is -2.63. The van der Waals surface area contributed by atoms with Crippen LogP contribution in [0.25, 0.3) is 10.9 Å². The first-order valence-electron chi connectivity index (χ1n) is 8.02. The van der Waals surface area contributed by atoms with Crippen molar-refractivity contribution in [2.45, 2.75) is 38.0 Å². The molecule has 1 aliphatic carbocycles. The average molecular weight is 310 g/mol. The number of anilines is 1. The lowest BCUT2D eigenvalue weighted by molar-refractivity contribution is 0.102. The van der Waals surface area contributed by atoms with Gasteiger partial charge in [-0.05, 0) is 18.9 Å². The van der Waals surface area contributed by atoms with Crippen molar-refractivity contribution in [1.29, 1.82) is 0 Å². The molecule has 4 rings (SSSR count). The number of benzene rings is 1. The Bertz CT molecular complexity index is 830. The maximum Gasteiger partial charge on any atom is 0.322 e. The standard InChI is InChI=1S/C17H18N4O2/c22-15(13-10-18-14-9-5-4-8-12(13)14)19-17-21-20-16(23-17)11-6-2-1-3-7-11/h4-5,8-11,18H,1-3,6-7H2,(H,19,21,22). The minimum atomic E-state index is -0.249. The Balaban J connectivity index is 1.51. The van der Waals surface area contributed by atoms with Crippen molar-refractivity contribution in [3.05, 3.63) is 41.9 Å². The number of aromatic nitrogens is 3. The predicted octanol–water partition coefficient (Wildman–Crippen LogP) is 3.85. The molecule has 1 fully saturated rings. The highest BCUT2D eigenvalue weighted by Gasteiger charge is 2.22. The zero-order valence-corrected chi connectivity index (χ0v) is 12.7. The Morgan fingerprint density at radius 3 is 2.87 bits per heavy atom. The smallest absolute Gasteiger partial charge is 0.322 e. The van der Waals surface area contributed by atoms with Crippen molar-refractivity contribution >= 4 is 22.8 Å². The summed E-state index contributed by atoms with van der Waals surface area (Å²) in [6.45, 7) is 0. The Labute approximate surface area is 133 Å². The lowest BCUT2D eigenvalue weighted by atomic mass is 9.89. The highest BCUT2D eigenvalue weighted by atomic mass is 16.4. The summed E-state index contributed by atoms with van der Waals surface area (Å²) < 4.78 is 5.64. The van der Waals surface area contributed by atoms with Gasteiger partial charge in [0, 0.05) is 23.0 Å². The van der Waals surface area contributed by atoms with Crippen LogP contribution in [0.15, 0.2) is 34.9 Å². The van der Waals surface area contributed by atoms with Gasteiger partial charge in [0.05, 0.1) is 5.56 Å². The molecule has 2 N–H and O–H groups in total. The maximum atomic E-state index is 12.4. The summed E-state index contributed by atoms with van der Waals surface area (Å²) in [5.74, 6) is 0.718. The number of carbonyl (C=O) groups excluding carboxylic acids is 1. The van der Waals surface area contributed by atoms with Crippen LogP contribution in [0.3, 0.4) is 0 Å². The molecule has 1 saturated carbocycles. The van der Waals surface area contributed by atoms with Crippen LogP contribution in [0, 0.1) is 0 Å². The fourth-order valence-corrected chi connectivity index (χ4v) is 3.22. The van der Waals surface area contributed by atoms with Crippen LogP contribution in [0.5, 0.6) is 0 Å². The molecule has 1 aliphatic rings. The van der Waals surface area contributed by atoms with Crippen LogP contribution in [-0.2, 0) is 0 Å². The van der Waals surface area contributed by atoms with Crippen molar-refractivity contribution in [2.24, 2.45) is 0 Å². The third kappa shape index (κ3) is 2.72. The second-order valence-electron chi connectivity index (χ2n) is 5.98. The van der Waals surface area contributed by atoms with Gasteiger partial charge in [-0.3, -0.25) is 10.1 Å². The van der Waals surface area contributed by atoms with E-state index in [2.05, 4.69) is 20.5 Å². The summed E-state index contributed by atoms with van der Waals surface area (Å²) in [5.41, 5.74) is 1.49. The molecule has 2 heterocycles. The van der Waals surface area contributed by atoms with Crippen LogP contribution in [-0.4, -0.2) is 21.1 Å². The molecular weight excluding hydrogens is 292 g/mol. The summed E-state index contributed by atoms with van der Waals surface area (Å²) in [6, 6.07) is 7.83. The van der Waals surface area contributed by atoms with Crippen molar-refractivity contribution in [2.75, 3.05) is 5.32 Å². The van der Waals surface area contributed by atoms with Crippen LogP contribution < -0.4 is 5.32 Å². The van der Waals surface area contributed by atoms with Gasteiger partial charge in [0.15, 0.2) is 0 Å². The van der Waals surface area contributed by atoms with Crippen molar-refractivity contribution in [3.63, 3.8) is 0 Å². The van der Waals surface area contributed by atoms with Gasteiger partial charge >= 0.3 is 6.01 Å². The predicted molar refractivity (Wildman–Crippen MR) is 86.4 cm³/mol. The number of aromatic amines is 1. The zero-order chi connectivity index (χ0) is 15.6. The molecule has 0 aliphatic heterocycles. The Morgan fingerprint density at radius 1 is 1.17 bits per heavy atom. The van der Waals surface area contributed by atoms with E-state index in [0.29, 0.717) is 17.4 Å². The molecule has 1 aromatic carbocycles. The molecule has 0 unspecified atom stereocenters. The number of rotatable bonds is 3. The van der Waals surface area contributed by atoms with E-state index in [1.807, 2.05) is 24.3 Å². The van der Waals surface area contributed by atoms with E-state index in [0.717, 1.165) is 23.7 Å². The van der Waals surface area contributed by atoms with E-state index < -0.39 is 0 Å². The molecule has 0 spiro atoms. The van der Waals surface area contributed by atoms with E-state index in [1.165, 1.54) is 19.3 Å². The van der Waals surface area contributed by atoms with Gasteiger partial charge in [0.2, 0.25) is 5.89 Å². The molecule has 3 aromatic rings. The molecule has 6 heteroatoms. The number of carbonyl (C=O) groups is 1. The molecule has 2 aromatic heterocycles. The first-order valence-corrected chi connectivity index (χ1v) is 8.02. The Kier molecular flexibility index (Phi) is 3.57. The van der Waals surface area contributed by atoms with Crippen molar-refractivity contribution < 1.29 is 9.21 Å². The average Bonchev–Trinajstić information content (AvgIpc) is 3.22. The fourth-order valence-electron chi connectivity index (χ4n) is 3.22.